The van der Waals surface area contributed by atoms with E-state index >= 15 is 0 Å². The van der Waals surface area contributed by atoms with Crippen molar-refractivity contribution in [3.05, 3.63) is 94.5 Å². The fourth-order valence-electron chi connectivity index (χ4n) is 4.09. The van der Waals surface area contributed by atoms with Gasteiger partial charge in [-0.3, -0.25) is 0 Å². The number of hydrogen-bond donors (Lipinski definition) is 0. The van der Waals surface area contributed by atoms with Gasteiger partial charge in [0.05, 0.1) is 12.2 Å². The lowest BCUT2D eigenvalue weighted by molar-refractivity contribution is 0.0526. The van der Waals surface area contributed by atoms with Gasteiger partial charge in [-0.15, -0.1) is 0 Å². The molecule has 0 aromatic heterocycles. The summed E-state index contributed by atoms with van der Waals surface area (Å²) in [6, 6.07) is 22.5. The Kier molecular flexibility index (Phi) is 6.06. The molecule has 3 nitrogen and oxygen atoms in total. The lowest BCUT2D eigenvalue weighted by atomic mass is 9.77. The number of benzene rings is 3. The average molecular weight is 424 g/mol. The van der Waals surface area contributed by atoms with Crippen LogP contribution in [0.1, 0.15) is 59.8 Å². The Morgan fingerprint density at radius 2 is 1.62 bits per heavy atom. The first-order chi connectivity index (χ1) is 15.4. The quantitative estimate of drug-likeness (QED) is 0.361. The highest BCUT2D eigenvalue weighted by atomic mass is 16.5. The molecule has 32 heavy (non-hydrogen) atoms. The Labute approximate surface area is 191 Å². The van der Waals surface area contributed by atoms with Gasteiger partial charge in [0.15, 0.2) is 0 Å². The Hall–Kier alpha value is -3.51. The van der Waals surface area contributed by atoms with Gasteiger partial charge in [0, 0.05) is 29.0 Å². The molecule has 3 aromatic rings. The van der Waals surface area contributed by atoms with E-state index in [1.807, 2.05) is 12.1 Å². The lowest BCUT2D eigenvalue weighted by Gasteiger charge is -2.40. The topological polar surface area (TPSA) is 29.5 Å². The Balaban J connectivity index is 1.64. The fourth-order valence-corrected chi connectivity index (χ4v) is 4.09. The lowest BCUT2D eigenvalue weighted by Crippen LogP contribution is -2.34. The largest absolute Gasteiger partial charge is 0.462 e. The zero-order valence-electron chi connectivity index (χ0n) is 19.2. The van der Waals surface area contributed by atoms with Crippen LogP contribution in [0, 0.1) is 18.8 Å². The van der Waals surface area contributed by atoms with Crippen LogP contribution in [0.2, 0.25) is 0 Å². The van der Waals surface area contributed by atoms with Crippen molar-refractivity contribution in [2.75, 3.05) is 18.1 Å². The summed E-state index contributed by atoms with van der Waals surface area (Å²) >= 11 is 0. The van der Waals surface area contributed by atoms with Crippen molar-refractivity contribution in [2.24, 2.45) is 0 Å². The van der Waals surface area contributed by atoms with Crippen molar-refractivity contribution in [3.63, 3.8) is 0 Å². The molecule has 0 spiro atoms. The van der Waals surface area contributed by atoms with E-state index < -0.39 is 0 Å². The van der Waals surface area contributed by atoms with Gasteiger partial charge in [0.1, 0.15) is 0 Å². The second-order valence-corrected chi connectivity index (χ2v) is 8.90. The van der Waals surface area contributed by atoms with Crippen molar-refractivity contribution in [3.8, 4) is 11.8 Å². The summed E-state index contributed by atoms with van der Waals surface area (Å²) in [6.45, 7) is 9.90. The molecule has 162 valence electrons. The van der Waals surface area contributed by atoms with E-state index in [1.54, 1.807) is 19.1 Å². The molecule has 0 amide bonds. The maximum Gasteiger partial charge on any atom is 0.338 e. The fraction of sp³-hybridized carbons (Fsp3) is 0.276. The molecule has 3 aromatic carbocycles. The summed E-state index contributed by atoms with van der Waals surface area (Å²) in [5.41, 5.74) is 7.59. The molecule has 0 bridgehead atoms. The van der Waals surface area contributed by atoms with Crippen LogP contribution in [-0.4, -0.2) is 19.1 Å². The summed E-state index contributed by atoms with van der Waals surface area (Å²) in [4.78, 5) is 14.2. The SMILES string of the molecule is CCOC(=O)c1ccc(C#Cc2ccc3c(c2)N(c2ccc(C)cc2)CCC3(C)C)cc1. The summed E-state index contributed by atoms with van der Waals surface area (Å²) in [5, 5.41) is 0. The van der Waals surface area contributed by atoms with Crippen LogP contribution >= 0.6 is 0 Å². The molecule has 0 fully saturated rings. The van der Waals surface area contributed by atoms with E-state index in [-0.39, 0.29) is 11.4 Å². The number of esters is 1. The van der Waals surface area contributed by atoms with Gasteiger partial charge in [-0.05, 0) is 79.8 Å². The van der Waals surface area contributed by atoms with Crippen LogP contribution in [0.3, 0.4) is 0 Å². The van der Waals surface area contributed by atoms with Crippen LogP contribution in [0.25, 0.3) is 0 Å². The van der Waals surface area contributed by atoms with Crippen LogP contribution in [0.15, 0.2) is 66.7 Å². The molecule has 4 rings (SSSR count). The van der Waals surface area contributed by atoms with E-state index in [9.17, 15) is 4.79 Å². The predicted octanol–water partition coefficient (Wildman–Crippen LogP) is 6.39. The number of fused-ring (bicyclic) bond motifs is 1. The number of ether oxygens (including phenoxy) is 1. The molecule has 0 aliphatic carbocycles. The number of carbonyl (C=O) groups excluding carboxylic acids is 1. The van der Waals surface area contributed by atoms with Crippen molar-refractivity contribution in [1.29, 1.82) is 0 Å². The van der Waals surface area contributed by atoms with E-state index in [1.165, 1.54) is 22.5 Å². The molecule has 1 aliphatic rings. The first-order valence-electron chi connectivity index (χ1n) is 11.2. The van der Waals surface area contributed by atoms with Gasteiger partial charge in [-0.1, -0.05) is 49.5 Å². The molecule has 0 unspecified atom stereocenters. The van der Waals surface area contributed by atoms with Gasteiger partial charge in [0.2, 0.25) is 0 Å². The number of aryl methyl sites for hydroxylation is 1. The van der Waals surface area contributed by atoms with Crippen molar-refractivity contribution >= 4 is 17.3 Å². The molecular formula is C29H29NO2. The van der Waals surface area contributed by atoms with E-state index in [4.69, 9.17) is 4.74 Å². The monoisotopic (exact) mass is 423 g/mol. The summed E-state index contributed by atoms with van der Waals surface area (Å²) in [7, 11) is 0. The third-order valence-electron chi connectivity index (χ3n) is 6.07. The highest BCUT2D eigenvalue weighted by Gasteiger charge is 2.31. The summed E-state index contributed by atoms with van der Waals surface area (Å²) in [6.07, 6.45) is 1.10. The van der Waals surface area contributed by atoms with Crippen molar-refractivity contribution < 1.29 is 9.53 Å². The first-order valence-corrected chi connectivity index (χ1v) is 11.2. The zero-order valence-corrected chi connectivity index (χ0v) is 19.2. The minimum absolute atomic E-state index is 0.130. The van der Waals surface area contributed by atoms with Gasteiger partial charge in [-0.25, -0.2) is 4.79 Å². The second kappa shape index (κ2) is 8.93. The maximum absolute atomic E-state index is 11.8. The molecule has 0 atom stereocenters. The molecular weight excluding hydrogens is 394 g/mol. The second-order valence-electron chi connectivity index (χ2n) is 8.90. The van der Waals surface area contributed by atoms with Gasteiger partial charge < -0.3 is 9.64 Å². The summed E-state index contributed by atoms with van der Waals surface area (Å²) < 4.78 is 5.04. The minimum atomic E-state index is -0.305. The van der Waals surface area contributed by atoms with Gasteiger partial charge >= 0.3 is 5.97 Å². The van der Waals surface area contributed by atoms with Gasteiger partial charge in [0.25, 0.3) is 0 Å². The Bertz CT molecular complexity index is 1180. The number of rotatable bonds is 3. The highest BCUT2D eigenvalue weighted by molar-refractivity contribution is 5.89. The van der Waals surface area contributed by atoms with Crippen LogP contribution < -0.4 is 4.90 Å². The van der Waals surface area contributed by atoms with Crippen molar-refractivity contribution in [2.45, 2.75) is 39.5 Å². The van der Waals surface area contributed by atoms with E-state index in [0.29, 0.717) is 12.2 Å². The zero-order chi connectivity index (χ0) is 22.7. The van der Waals surface area contributed by atoms with Crippen LogP contribution in [0.4, 0.5) is 11.4 Å². The molecule has 1 heterocycles. The summed E-state index contributed by atoms with van der Waals surface area (Å²) in [5.74, 6) is 6.22. The number of anilines is 2. The smallest absolute Gasteiger partial charge is 0.338 e. The third-order valence-corrected chi connectivity index (χ3v) is 6.07. The first kappa shape index (κ1) is 21.7. The minimum Gasteiger partial charge on any atom is -0.462 e. The number of carbonyl (C=O) groups is 1. The normalized spacial score (nSPS) is 14.2. The molecule has 0 radical (unpaired) electrons. The molecule has 0 saturated carbocycles. The maximum atomic E-state index is 11.8. The van der Waals surface area contributed by atoms with E-state index in [0.717, 1.165) is 24.1 Å². The van der Waals surface area contributed by atoms with Crippen LogP contribution in [0.5, 0.6) is 0 Å². The molecule has 1 aliphatic heterocycles. The number of hydrogen-bond acceptors (Lipinski definition) is 3. The third kappa shape index (κ3) is 4.55. The predicted molar refractivity (Wildman–Crippen MR) is 131 cm³/mol. The molecule has 0 N–H and O–H groups in total. The number of nitrogens with zero attached hydrogens (tertiary/aromatic N) is 1. The Morgan fingerprint density at radius 1 is 0.969 bits per heavy atom. The highest BCUT2D eigenvalue weighted by Crippen LogP contribution is 2.43. The van der Waals surface area contributed by atoms with Crippen LogP contribution in [-0.2, 0) is 10.2 Å². The molecule has 3 heteroatoms. The Morgan fingerprint density at radius 3 is 2.31 bits per heavy atom. The van der Waals surface area contributed by atoms with Gasteiger partial charge in [-0.2, -0.15) is 0 Å². The standard InChI is InChI=1S/C29H29NO2/c1-5-32-28(31)24-13-10-22(11-14-24)8-9-23-12-17-26-27(20-23)30(19-18-29(26,3)4)25-15-6-21(2)7-16-25/h6-7,10-17,20H,5,18-19H2,1-4H3. The molecule has 0 saturated heterocycles. The average Bonchev–Trinajstić information content (AvgIpc) is 2.79. The van der Waals surface area contributed by atoms with E-state index in [2.05, 4.69) is 80.0 Å². The van der Waals surface area contributed by atoms with Crippen molar-refractivity contribution in [1.82, 2.24) is 0 Å².